The molecular formula is C19H28N2O6S. The number of hydrogen-bond donors (Lipinski definition) is 0. The molecule has 8 nitrogen and oxygen atoms in total. The van der Waals surface area contributed by atoms with E-state index in [1.165, 1.54) is 7.11 Å². The molecule has 0 saturated carbocycles. The Bertz CT molecular complexity index is 770. The number of rotatable bonds is 8. The molecule has 1 aromatic rings. The molecule has 0 radical (unpaired) electrons. The third kappa shape index (κ3) is 5.85. The Balaban J connectivity index is 2.05. The Morgan fingerprint density at radius 2 is 1.79 bits per heavy atom. The van der Waals surface area contributed by atoms with E-state index in [9.17, 15) is 18.0 Å². The molecule has 9 heteroatoms. The number of amides is 1. The molecule has 1 amide bonds. The fourth-order valence-corrected chi connectivity index (χ4v) is 3.93. The van der Waals surface area contributed by atoms with E-state index in [-0.39, 0.29) is 24.3 Å². The molecule has 156 valence electrons. The standard InChI is InChI=1S/C19H28N2O6S/c1-4-13-27-17-7-5-16(6-8-17)21(28(3,24)25)14-18(22)20-11-9-15(10-12-20)19(23)26-2/h5-8,15H,4,9-14H2,1-3H3. The second-order valence-electron chi connectivity index (χ2n) is 6.79. The van der Waals surface area contributed by atoms with Crippen molar-refractivity contribution in [3.63, 3.8) is 0 Å². The van der Waals surface area contributed by atoms with Crippen LogP contribution in [0.4, 0.5) is 5.69 Å². The highest BCUT2D eigenvalue weighted by molar-refractivity contribution is 7.92. The van der Waals surface area contributed by atoms with Crippen molar-refractivity contribution in [1.82, 2.24) is 4.90 Å². The number of likely N-dealkylation sites (tertiary alicyclic amines) is 1. The van der Waals surface area contributed by atoms with Crippen molar-refractivity contribution in [2.24, 2.45) is 5.92 Å². The summed E-state index contributed by atoms with van der Waals surface area (Å²) in [6, 6.07) is 6.64. The van der Waals surface area contributed by atoms with Gasteiger partial charge in [0.1, 0.15) is 12.3 Å². The van der Waals surface area contributed by atoms with Crippen LogP contribution in [0.15, 0.2) is 24.3 Å². The number of esters is 1. The summed E-state index contributed by atoms with van der Waals surface area (Å²) in [5.41, 5.74) is 0.407. The first-order chi connectivity index (χ1) is 13.3. The van der Waals surface area contributed by atoms with Crippen LogP contribution >= 0.6 is 0 Å². The number of carbonyl (C=O) groups is 2. The van der Waals surface area contributed by atoms with Gasteiger partial charge in [-0.05, 0) is 43.5 Å². The quantitative estimate of drug-likeness (QED) is 0.603. The van der Waals surface area contributed by atoms with Crippen LogP contribution in [0.3, 0.4) is 0 Å². The third-order valence-electron chi connectivity index (χ3n) is 4.66. The Labute approximate surface area is 166 Å². The summed E-state index contributed by atoms with van der Waals surface area (Å²) in [6.07, 6.45) is 2.98. The van der Waals surface area contributed by atoms with Gasteiger partial charge in [-0.1, -0.05) is 6.92 Å². The normalized spacial score (nSPS) is 15.2. The monoisotopic (exact) mass is 412 g/mol. The highest BCUT2D eigenvalue weighted by Gasteiger charge is 2.30. The molecule has 1 aromatic carbocycles. The molecule has 0 aliphatic carbocycles. The molecule has 0 aromatic heterocycles. The van der Waals surface area contributed by atoms with Gasteiger partial charge in [0.15, 0.2) is 0 Å². The van der Waals surface area contributed by atoms with Gasteiger partial charge in [-0.25, -0.2) is 8.42 Å². The number of ether oxygens (including phenoxy) is 2. The molecule has 1 aliphatic heterocycles. The molecular weight excluding hydrogens is 384 g/mol. The van der Waals surface area contributed by atoms with E-state index in [0.29, 0.717) is 44.0 Å². The van der Waals surface area contributed by atoms with Crippen LogP contribution in [-0.2, 0) is 24.3 Å². The third-order valence-corrected chi connectivity index (χ3v) is 5.80. The second kappa shape index (κ2) is 9.77. The molecule has 0 atom stereocenters. The zero-order chi connectivity index (χ0) is 20.7. The molecule has 1 heterocycles. The van der Waals surface area contributed by atoms with Gasteiger partial charge < -0.3 is 14.4 Å². The number of sulfonamides is 1. The predicted octanol–water partition coefficient (Wildman–Crippen LogP) is 1.65. The Morgan fingerprint density at radius 3 is 2.29 bits per heavy atom. The number of benzene rings is 1. The maximum absolute atomic E-state index is 12.7. The number of methoxy groups -OCH3 is 1. The van der Waals surface area contributed by atoms with Crippen LogP contribution in [0, 0.1) is 5.92 Å². The maximum atomic E-state index is 12.7. The van der Waals surface area contributed by atoms with E-state index in [1.54, 1.807) is 29.2 Å². The Morgan fingerprint density at radius 1 is 1.18 bits per heavy atom. The molecule has 0 spiro atoms. The summed E-state index contributed by atoms with van der Waals surface area (Å²) in [4.78, 5) is 25.9. The summed E-state index contributed by atoms with van der Waals surface area (Å²) in [5.74, 6) is -0.124. The average molecular weight is 413 g/mol. The van der Waals surface area contributed by atoms with Gasteiger partial charge in [-0.15, -0.1) is 0 Å². The lowest BCUT2D eigenvalue weighted by Crippen LogP contribution is -2.46. The second-order valence-corrected chi connectivity index (χ2v) is 8.70. The maximum Gasteiger partial charge on any atom is 0.308 e. The average Bonchev–Trinajstić information content (AvgIpc) is 2.69. The van der Waals surface area contributed by atoms with Gasteiger partial charge in [0, 0.05) is 13.1 Å². The van der Waals surface area contributed by atoms with Crippen molar-refractivity contribution < 1.29 is 27.5 Å². The van der Waals surface area contributed by atoms with Crippen molar-refractivity contribution in [2.75, 3.05) is 43.9 Å². The highest BCUT2D eigenvalue weighted by atomic mass is 32.2. The van der Waals surface area contributed by atoms with E-state index in [1.807, 2.05) is 6.92 Å². The lowest BCUT2D eigenvalue weighted by Gasteiger charge is -2.32. The van der Waals surface area contributed by atoms with Crippen LogP contribution in [0.2, 0.25) is 0 Å². The zero-order valence-electron chi connectivity index (χ0n) is 16.6. The molecule has 1 aliphatic rings. The summed E-state index contributed by atoms with van der Waals surface area (Å²) in [7, 11) is -2.29. The van der Waals surface area contributed by atoms with Crippen LogP contribution in [-0.4, -0.2) is 64.8 Å². The van der Waals surface area contributed by atoms with Gasteiger partial charge in [0.05, 0.1) is 31.6 Å². The molecule has 1 saturated heterocycles. The van der Waals surface area contributed by atoms with Crippen LogP contribution in [0.5, 0.6) is 5.75 Å². The number of piperidine rings is 1. The van der Waals surface area contributed by atoms with E-state index in [0.717, 1.165) is 17.0 Å². The number of anilines is 1. The molecule has 28 heavy (non-hydrogen) atoms. The minimum Gasteiger partial charge on any atom is -0.494 e. The van der Waals surface area contributed by atoms with Crippen molar-refractivity contribution in [1.29, 1.82) is 0 Å². The lowest BCUT2D eigenvalue weighted by atomic mass is 9.97. The Kier molecular flexibility index (Phi) is 7.68. The van der Waals surface area contributed by atoms with Gasteiger partial charge in [-0.2, -0.15) is 0 Å². The van der Waals surface area contributed by atoms with Gasteiger partial charge in [-0.3, -0.25) is 13.9 Å². The lowest BCUT2D eigenvalue weighted by molar-refractivity contribution is -0.148. The summed E-state index contributed by atoms with van der Waals surface area (Å²) < 4.78 is 35.8. The first kappa shape index (κ1) is 22.0. The SMILES string of the molecule is CCCOc1ccc(N(CC(=O)N2CCC(C(=O)OC)CC2)S(C)(=O)=O)cc1. The fraction of sp³-hybridized carbons (Fsp3) is 0.579. The fourth-order valence-electron chi connectivity index (χ4n) is 3.08. The highest BCUT2D eigenvalue weighted by Crippen LogP contribution is 2.23. The summed E-state index contributed by atoms with van der Waals surface area (Å²) >= 11 is 0. The van der Waals surface area contributed by atoms with Crippen molar-refractivity contribution in [2.45, 2.75) is 26.2 Å². The molecule has 2 rings (SSSR count). The minimum absolute atomic E-state index is 0.212. The first-order valence-electron chi connectivity index (χ1n) is 9.32. The van der Waals surface area contributed by atoms with Crippen LogP contribution in [0.1, 0.15) is 26.2 Å². The van der Waals surface area contributed by atoms with E-state index < -0.39 is 10.0 Å². The van der Waals surface area contributed by atoms with E-state index >= 15 is 0 Å². The molecule has 1 fully saturated rings. The Hall–Kier alpha value is -2.29. The van der Waals surface area contributed by atoms with Gasteiger partial charge in [0.25, 0.3) is 0 Å². The largest absolute Gasteiger partial charge is 0.494 e. The molecule has 0 bridgehead atoms. The number of carbonyl (C=O) groups excluding carboxylic acids is 2. The predicted molar refractivity (Wildman–Crippen MR) is 106 cm³/mol. The summed E-state index contributed by atoms with van der Waals surface area (Å²) in [5, 5.41) is 0. The van der Waals surface area contributed by atoms with Crippen molar-refractivity contribution in [3.05, 3.63) is 24.3 Å². The first-order valence-corrected chi connectivity index (χ1v) is 11.2. The van der Waals surface area contributed by atoms with Crippen molar-refractivity contribution >= 4 is 27.6 Å². The number of hydrogen-bond acceptors (Lipinski definition) is 6. The topological polar surface area (TPSA) is 93.2 Å². The zero-order valence-corrected chi connectivity index (χ0v) is 17.4. The smallest absolute Gasteiger partial charge is 0.308 e. The van der Waals surface area contributed by atoms with E-state index in [2.05, 4.69) is 0 Å². The van der Waals surface area contributed by atoms with Crippen LogP contribution in [0.25, 0.3) is 0 Å². The molecule has 0 unspecified atom stereocenters. The van der Waals surface area contributed by atoms with Gasteiger partial charge in [0.2, 0.25) is 15.9 Å². The van der Waals surface area contributed by atoms with Crippen molar-refractivity contribution in [3.8, 4) is 5.75 Å². The van der Waals surface area contributed by atoms with E-state index in [4.69, 9.17) is 9.47 Å². The minimum atomic E-state index is -3.64. The number of nitrogens with zero attached hydrogens (tertiary/aromatic N) is 2. The van der Waals surface area contributed by atoms with Gasteiger partial charge >= 0.3 is 5.97 Å². The van der Waals surface area contributed by atoms with Crippen LogP contribution < -0.4 is 9.04 Å². The summed E-state index contributed by atoms with van der Waals surface area (Å²) in [6.45, 7) is 3.10. The molecule has 0 N–H and O–H groups in total.